The largest absolute Gasteiger partial charge is 0.299 e. The minimum atomic E-state index is 0. The summed E-state index contributed by atoms with van der Waals surface area (Å²) in [4.78, 5) is 2.62. The molecule has 0 unspecified atom stereocenters. The topological polar surface area (TPSA) is 3.24 Å². The summed E-state index contributed by atoms with van der Waals surface area (Å²) >= 11 is 0. The Morgan fingerprint density at radius 1 is 1.00 bits per heavy atom. The second-order valence-corrected chi connectivity index (χ2v) is 4.88. The summed E-state index contributed by atoms with van der Waals surface area (Å²) in [6.07, 6.45) is 3.01. The summed E-state index contributed by atoms with van der Waals surface area (Å²) < 4.78 is 0. The van der Waals surface area contributed by atoms with Gasteiger partial charge in [-0.25, -0.2) is 0 Å². The Balaban J connectivity index is 0.000000853. The summed E-state index contributed by atoms with van der Waals surface area (Å²) in [6.45, 7) is 3.84. The van der Waals surface area contributed by atoms with Crippen molar-refractivity contribution in [2.75, 3.05) is 13.1 Å². The molecule has 0 N–H and O–H groups in total. The first-order valence-electron chi connectivity index (χ1n) is 5.66. The van der Waals surface area contributed by atoms with Crippen molar-refractivity contribution in [3.8, 4) is 0 Å². The number of hydrogen-bond donors (Lipinski definition) is 0. The van der Waals surface area contributed by atoms with Crippen molar-refractivity contribution in [2.24, 2.45) is 11.8 Å². The van der Waals surface area contributed by atoms with Crippen LogP contribution in [0.25, 0.3) is 0 Å². The predicted octanol–water partition coefficient (Wildman–Crippen LogP) is 2.95. The predicted molar refractivity (Wildman–Crippen MR) is 65.2 cm³/mol. The third-order valence-electron chi connectivity index (χ3n) is 3.62. The highest BCUT2D eigenvalue weighted by atomic mass is 35.5. The Hall–Kier alpha value is -0.530. The fourth-order valence-corrected chi connectivity index (χ4v) is 2.95. The summed E-state index contributed by atoms with van der Waals surface area (Å²) in [5.74, 6) is 2.05. The van der Waals surface area contributed by atoms with Crippen molar-refractivity contribution in [2.45, 2.75) is 19.4 Å². The van der Waals surface area contributed by atoms with Crippen molar-refractivity contribution >= 4 is 12.4 Å². The van der Waals surface area contributed by atoms with E-state index >= 15 is 0 Å². The molecule has 2 heteroatoms. The molecule has 2 heterocycles. The van der Waals surface area contributed by atoms with Crippen LogP contribution in [0.2, 0.25) is 0 Å². The maximum absolute atomic E-state index is 2.62. The van der Waals surface area contributed by atoms with E-state index in [9.17, 15) is 0 Å². The summed E-state index contributed by atoms with van der Waals surface area (Å²) in [5.41, 5.74) is 1.47. The van der Waals surface area contributed by atoms with Crippen LogP contribution in [-0.4, -0.2) is 18.0 Å². The van der Waals surface area contributed by atoms with Crippen LogP contribution in [-0.2, 0) is 6.54 Å². The molecule has 4 rings (SSSR count). The van der Waals surface area contributed by atoms with Crippen molar-refractivity contribution in [1.29, 1.82) is 0 Å². The highest BCUT2D eigenvalue weighted by Gasteiger charge is 2.36. The Kier molecular flexibility index (Phi) is 3.32. The summed E-state index contributed by atoms with van der Waals surface area (Å²) in [5, 5.41) is 0. The molecule has 15 heavy (non-hydrogen) atoms. The smallest absolute Gasteiger partial charge is 0.0233 e. The first-order chi connectivity index (χ1) is 6.90. The molecule has 1 nitrogen and oxygen atoms in total. The average molecular weight is 224 g/mol. The fraction of sp³-hybridized carbons (Fsp3) is 0.538. The second kappa shape index (κ2) is 4.54. The number of piperidine rings is 2. The zero-order chi connectivity index (χ0) is 9.38. The van der Waals surface area contributed by atoms with Gasteiger partial charge in [-0.1, -0.05) is 30.3 Å². The highest BCUT2D eigenvalue weighted by molar-refractivity contribution is 5.85. The van der Waals surface area contributed by atoms with Crippen LogP contribution in [0.15, 0.2) is 30.3 Å². The van der Waals surface area contributed by atoms with Crippen molar-refractivity contribution in [1.82, 2.24) is 4.90 Å². The van der Waals surface area contributed by atoms with Gasteiger partial charge in [0.15, 0.2) is 0 Å². The zero-order valence-corrected chi connectivity index (χ0v) is 9.75. The van der Waals surface area contributed by atoms with Gasteiger partial charge in [0.2, 0.25) is 0 Å². The molecule has 2 aliphatic heterocycles. The van der Waals surface area contributed by atoms with Gasteiger partial charge in [-0.15, -0.1) is 12.4 Å². The van der Waals surface area contributed by atoms with Gasteiger partial charge < -0.3 is 0 Å². The minimum absolute atomic E-state index is 0. The Morgan fingerprint density at radius 3 is 2.20 bits per heavy atom. The van der Waals surface area contributed by atoms with Gasteiger partial charge in [-0.05, 0) is 30.2 Å². The van der Waals surface area contributed by atoms with E-state index in [0.29, 0.717) is 0 Å². The number of benzene rings is 1. The normalized spacial score (nSPS) is 29.1. The zero-order valence-electron chi connectivity index (χ0n) is 8.93. The van der Waals surface area contributed by atoms with E-state index in [4.69, 9.17) is 0 Å². The van der Waals surface area contributed by atoms with E-state index in [1.165, 1.54) is 31.5 Å². The molecular weight excluding hydrogens is 206 g/mol. The number of halogens is 1. The van der Waals surface area contributed by atoms with Gasteiger partial charge in [0.1, 0.15) is 0 Å². The summed E-state index contributed by atoms with van der Waals surface area (Å²) in [7, 11) is 0. The van der Waals surface area contributed by atoms with Crippen molar-refractivity contribution in [3.05, 3.63) is 35.9 Å². The molecule has 1 saturated carbocycles. The third-order valence-corrected chi connectivity index (χ3v) is 3.62. The van der Waals surface area contributed by atoms with Gasteiger partial charge in [-0.2, -0.15) is 0 Å². The Morgan fingerprint density at radius 2 is 1.60 bits per heavy atom. The average Bonchev–Trinajstić information content (AvgIpc) is 2.18. The lowest BCUT2D eigenvalue weighted by Crippen LogP contribution is -2.47. The van der Waals surface area contributed by atoms with Crippen LogP contribution < -0.4 is 0 Å². The summed E-state index contributed by atoms with van der Waals surface area (Å²) in [6, 6.07) is 10.8. The molecule has 82 valence electrons. The van der Waals surface area contributed by atoms with E-state index < -0.39 is 0 Å². The van der Waals surface area contributed by atoms with E-state index in [1.54, 1.807) is 0 Å². The molecule has 2 saturated heterocycles. The van der Waals surface area contributed by atoms with Crippen LogP contribution in [0.3, 0.4) is 0 Å². The number of nitrogens with zero attached hydrogens (tertiary/aromatic N) is 1. The molecule has 1 aromatic rings. The van der Waals surface area contributed by atoms with Gasteiger partial charge in [0.25, 0.3) is 0 Å². The quantitative estimate of drug-likeness (QED) is 0.745. The number of fused-ring (bicyclic) bond motifs is 2. The van der Waals surface area contributed by atoms with E-state index in [-0.39, 0.29) is 12.4 Å². The van der Waals surface area contributed by atoms with Crippen LogP contribution >= 0.6 is 12.4 Å². The van der Waals surface area contributed by atoms with Gasteiger partial charge in [-0.3, -0.25) is 4.90 Å². The molecule has 0 amide bonds. The maximum Gasteiger partial charge on any atom is 0.0233 e. The molecule has 2 bridgehead atoms. The Labute approximate surface area is 97.9 Å². The van der Waals surface area contributed by atoms with Crippen LogP contribution in [0.1, 0.15) is 18.4 Å². The van der Waals surface area contributed by atoms with Gasteiger partial charge in [0, 0.05) is 19.6 Å². The number of rotatable bonds is 2. The van der Waals surface area contributed by atoms with Gasteiger partial charge >= 0.3 is 0 Å². The lowest BCUT2D eigenvalue weighted by atomic mass is 9.71. The first kappa shape index (κ1) is 11.0. The third kappa shape index (κ3) is 2.35. The highest BCUT2D eigenvalue weighted by Crippen LogP contribution is 2.39. The van der Waals surface area contributed by atoms with E-state index in [1.807, 2.05) is 0 Å². The van der Waals surface area contributed by atoms with Crippen LogP contribution in [0, 0.1) is 11.8 Å². The molecule has 3 aliphatic rings. The van der Waals surface area contributed by atoms with Gasteiger partial charge in [0.05, 0.1) is 0 Å². The maximum atomic E-state index is 2.62. The van der Waals surface area contributed by atoms with Crippen molar-refractivity contribution in [3.63, 3.8) is 0 Å². The van der Waals surface area contributed by atoms with Crippen LogP contribution in [0.5, 0.6) is 0 Å². The molecular formula is C13H18ClN. The molecule has 0 aromatic heterocycles. The number of hydrogen-bond acceptors (Lipinski definition) is 1. The molecule has 0 atom stereocenters. The minimum Gasteiger partial charge on any atom is -0.299 e. The standard InChI is InChI=1S/C13H17N.ClH/c1-2-4-11(5-3-1)8-14-9-12-6-13(7-12)10-14;/h1-5,12-13H,6-10H2;1H. The van der Waals surface area contributed by atoms with E-state index in [0.717, 1.165) is 18.4 Å². The molecule has 1 aliphatic carbocycles. The fourth-order valence-electron chi connectivity index (χ4n) is 2.95. The van der Waals surface area contributed by atoms with E-state index in [2.05, 4.69) is 35.2 Å². The Bertz CT molecular complexity index is 296. The van der Waals surface area contributed by atoms with Crippen molar-refractivity contribution < 1.29 is 0 Å². The molecule has 0 radical (unpaired) electrons. The SMILES string of the molecule is Cl.c1ccc(CN2CC3CC(C3)C2)cc1. The lowest BCUT2D eigenvalue weighted by Gasteiger charge is -2.47. The van der Waals surface area contributed by atoms with Crippen LogP contribution in [0.4, 0.5) is 0 Å². The first-order valence-corrected chi connectivity index (χ1v) is 5.66. The molecule has 3 fully saturated rings. The lowest BCUT2D eigenvalue weighted by molar-refractivity contribution is 0.0228. The monoisotopic (exact) mass is 223 g/mol. The molecule has 0 spiro atoms. The second-order valence-electron chi connectivity index (χ2n) is 4.88. The molecule has 1 aromatic carbocycles.